The molecule has 1 amide bonds. The number of carbonyl (C=O) groups is 1. The van der Waals surface area contributed by atoms with Crippen LogP contribution >= 0.6 is 11.3 Å². The van der Waals surface area contributed by atoms with Gasteiger partial charge in [0.1, 0.15) is 0 Å². The molecule has 0 unspecified atom stereocenters. The molecule has 0 saturated heterocycles. The first-order chi connectivity index (χ1) is 11.1. The van der Waals surface area contributed by atoms with E-state index in [4.69, 9.17) is 0 Å². The highest BCUT2D eigenvalue weighted by atomic mass is 32.1. The van der Waals surface area contributed by atoms with Crippen molar-refractivity contribution < 1.29 is 4.79 Å². The summed E-state index contributed by atoms with van der Waals surface area (Å²) in [5.74, 6) is -0.0137. The number of thiophene rings is 1. The van der Waals surface area contributed by atoms with Gasteiger partial charge in [0.15, 0.2) is 0 Å². The fourth-order valence-corrected chi connectivity index (χ4v) is 3.15. The lowest BCUT2D eigenvalue weighted by atomic mass is 10.1. The highest BCUT2D eigenvalue weighted by molar-refractivity contribution is 7.09. The summed E-state index contributed by atoms with van der Waals surface area (Å²) in [6, 6.07) is 10.3. The number of nitrogens with zero attached hydrogens (tertiary/aromatic N) is 1. The lowest BCUT2D eigenvalue weighted by molar-refractivity contribution is -0.115. The number of benzene rings is 1. The second-order valence-corrected chi connectivity index (χ2v) is 6.43. The summed E-state index contributed by atoms with van der Waals surface area (Å²) in [7, 11) is 0. The molecular formula is C18H25N3OS. The summed E-state index contributed by atoms with van der Waals surface area (Å²) in [6.45, 7) is 9.33. The van der Waals surface area contributed by atoms with Crippen LogP contribution in [0.5, 0.6) is 0 Å². The van der Waals surface area contributed by atoms with Crippen LogP contribution in [0.3, 0.4) is 0 Å². The monoisotopic (exact) mass is 331 g/mol. The van der Waals surface area contributed by atoms with E-state index in [0.29, 0.717) is 6.54 Å². The molecule has 0 aliphatic carbocycles. The Balaban J connectivity index is 1.87. The summed E-state index contributed by atoms with van der Waals surface area (Å²) < 4.78 is 0. The first kappa shape index (κ1) is 17.5. The lowest BCUT2D eigenvalue weighted by Crippen LogP contribution is -2.28. The van der Waals surface area contributed by atoms with E-state index >= 15 is 0 Å². The van der Waals surface area contributed by atoms with E-state index in [1.165, 1.54) is 10.6 Å². The van der Waals surface area contributed by atoms with Crippen LogP contribution in [-0.2, 0) is 11.3 Å². The van der Waals surface area contributed by atoms with Gasteiger partial charge in [0.05, 0.1) is 6.54 Å². The van der Waals surface area contributed by atoms with Gasteiger partial charge in [-0.2, -0.15) is 0 Å². The van der Waals surface area contributed by atoms with Crippen molar-refractivity contribution in [3.05, 3.63) is 46.2 Å². The molecule has 2 rings (SSSR count). The lowest BCUT2D eigenvalue weighted by Gasteiger charge is -2.22. The van der Waals surface area contributed by atoms with Gasteiger partial charge in [0, 0.05) is 35.9 Å². The van der Waals surface area contributed by atoms with Gasteiger partial charge in [-0.25, -0.2) is 0 Å². The predicted octanol–water partition coefficient (Wildman–Crippen LogP) is 3.63. The zero-order valence-corrected chi connectivity index (χ0v) is 14.9. The normalized spacial score (nSPS) is 10.6. The fraction of sp³-hybridized carbons (Fsp3) is 0.389. The molecule has 124 valence electrons. The Morgan fingerprint density at radius 2 is 2.00 bits per heavy atom. The van der Waals surface area contributed by atoms with Crippen LogP contribution in [0.15, 0.2) is 35.7 Å². The number of hydrogen-bond acceptors (Lipinski definition) is 4. The second-order valence-electron chi connectivity index (χ2n) is 5.40. The van der Waals surface area contributed by atoms with E-state index in [-0.39, 0.29) is 5.91 Å². The summed E-state index contributed by atoms with van der Waals surface area (Å²) in [5, 5.41) is 8.18. The zero-order chi connectivity index (χ0) is 16.7. The Kier molecular flexibility index (Phi) is 6.62. The van der Waals surface area contributed by atoms with E-state index in [2.05, 4.69) is 47.6 Å². The van der Waals surface area contributed by atoms with Crippen LogP contribution in [-0.4, -0.2) is 25.5 Å². The number of hydrogen-bond donors (Lipinski definition) is 2. The molecule has 0 spiro atoms. The number of nitrogens with one attached hydrogen (secondary N) is 2. The Morgan fingerprint density at radius 3 is 2.61 bits per heavy atom. The van der Waals surface area contributed by atoms with Crippen molar-refractivity contribution in [2.75, 3.05) is 29.9 Å². The highest BCUT2D eigenvalue weighted by Crippen LogP contribution is 2.22. The molecule has 2 aromatic rings. The van der Waals surface area contributed by atoms with Gasteiger partial charge in [-0.1, -0.05) is 6.07 Å². The van der Waals surface area contributed by atoms with Crippen molar-refractivity contribution in [3.8, 4) is 0 Å². The van der Waals surface area contributed by atoms with E-state index in [9.17, 15) is 4.79 Å². The molecule has 4 nitrogen and oxygen atoms in total. The van der Waals surface area contributed by atoms with Crippen LogP contribution < -0.4 is 15.5 Å². The Morgan fingerprint density at radius 1 is 1.22 bits per heavy atom. The van der Waals surface area contributed by atoms with E-state index in [0.717, 1.165) is 30.9 Å². The minimum Gasteiger partial charge on any atom is -0.372 e. The molecule has 0 atom stereocenters. The third-order valence-corrected chi connectivity index (χ3v) is 4.65. The average molecular weight is 331 g/mol. The summed E-state index contributed by atoms with van der Waals surface area (Å²) >= 11 is 1.69. The van der Waals surface area contributed by atoms with E-state index in [1.807, 2.05) is 24.4 Å². The van der Waals surface area contributed by atoms with Gasteiger partial charge >= 0.3 is 0 Å². The summed E-state index contributed by atoms with van der Waals surface area (Å²) in [6.07, 6.45) is 0. The maximum atomic E-state index is 12.0. The molecule has 23 heavy (non-hydrogen) atoms. The number of rotatable bonds is 8. The first-order valence-corrected chi connectivity index (χ1v) is 8.90. The minimum absolute atomic E-state index is 0.0137. The van der Waals surface area contributed by atoms with Crippen molar-refractivity contribution in [3.63, 3.8) is 0 Å². The van der Waals surface area contributed by atoms with Crippen molar-refractivity contribution in [1.29, 1.82) is 0 Å². The maximum Gasteiger partial charge on any atom is 0.238 e. The van der Waals surface area contributed by atoms with Crippen LogP contribution in [0.2, 0.25) is 0 Å². The molecule has 0 aliphatic heterocycles. The molecule has 0 saturated carbocycles. The van der Waals surface area contributed by atoms with E-state index < -0.39 is 0 Å². The third kappa shape index (κ3) is 5.08. The molecular weight excluding hydrogens is 306 g/mol. The van der Waals surface area contributed by atoms with Crippen LogP contribution in [0.1, 0.15) is 24.3 Å². The van der Waals surface area contributed by atoms with Crippen LogP contribution in [0.25, 0.3) is 0 Å². The molecule has 1 heterocycles. The van der Waals surface area contributed by atoms with Gasteiger partial charge in [-0.05, 0) is 56.0 Å². The van der Waals surface area contributed by atoms with E-state index in [1.54, 1.807) is 11.3 Å². The smallest absolute Gasteiger partial charge is 0.238 e. The van der Waals surface area contributed by atoms with Gasteiger partial charge in [-0.3, -0.25) is 4.79 Å². The molecule has 0 fully saturated rings. The quantitative estimate of drug-likeness (QED) is 0.776. The summed E-state index contributed by atoms with van der Waals surface area (Å²) in [5.41, 5.74) is 3.16. The second kappa shape index (κ2) is 8.70. The Hall–Kier alpha value is -1.85. The van der Waals surface area contributed by atoms with Crippen LogP contribution in [0, 0.1) is 6.92 Å². The largest absolute Gasteiger partial charge is 0.372 e. The Labute approximate surface area is 142 Å². The molecule has 5 heteroatoms. The predicted molar refractivity (Wildman–Crippen MR) is 99.4 cm³/mol. The highest BCUT2D eigenvalue weighted by Gasteiger charge is 2.08. The topological polar surface area (TPSA) is 44.4 Å². The van der Waals surface area contributed by atoms with Gasteiger partial charge in [-0.15, -0.1) is 11.3 Å². The zero-order valence-electron chi connectivity index (χ0n) is 14.1. The summed E-state index contributed by atoms with van der Waals surface area (Å²) in [4.78, 5) is 15.6. The van der Waals surface area contributed by atoms with Crippen molar-refractivity contribution in [1.82, 2.24) is 5.32 Å². The molecule has 1 aromatic carbocycles. The average Bonchev–Trinajstić information content (AvgIpc) is 3.04. The SMILES string of the molecule is CCN(CC)c1ccc(NC(=O)CNCc2cccs2)c(C)c1. The molecule has 0 aliphatic rings. The van der Waals surface area contributed by atoms with Crippen molar-refractivity contribution >= 4 is 28.6 Å². The molecule has 2 N–H and O–H groups in total. The maximum absolute atomic E-state index is 12.0. The van der Waals surface area contributed by atoms with Crippen molar-refractivity contribution in [2.24, 2.45) is 0 Å². The Bertz CT molecular complexity index is 621. The molecule has 1 aromatic heterocycles. The number of anilines is 2. The third-order valence-electron chi connectivity index (χ3n) is 3.78. The molecule has 0 radical (unpaired) electrons. The number of carbonyl (C=O) groups excluding carboxylic acids is 1. The standard InChI is InChI=1S/C18H25N3OS/c1-4-21(5-2)15-8-9-17(14(3)11-15)20-18(22)13-19-12-16-7-6-10-23-16/h6-11,19H,4-5,12-13H2,1-3H3,(H,20,22). The van der Waals surface area contributed by atoms with Gasteiger partial charge < -0.3 is 15.5 Å². The minimum atomic E-state index is -0.0137. The first-order valence-electron chi connectivity index (χ1n) is 8.02. The van der Waals surface area contributed by atoms with Gasteiger partial charge in [0.2, 0.25) is 5.91 Å². The van der Waals surface area contributed by atoms with Gasteiger partial charge in [0.25, 0.3) is 0 Å². The number of amides is 1. The molecule has 0 bridgehead atoms. The number of aryl methyl sites for hydroxylation is 1. The van der Waals surface area contributed by atoms with Crippen LogP contribution in [0.4, 0.5) is 11.4 Å². The fourth-order valence-electron chi connectivity index (χ4n) is 2.48. The van der Waals surface area contributed by atoms with Crippen molar-refractivity contribution in [2.45, 2.75) is 27.3 Å².